The van der Waals surface area contributed by atoms with Crippen LogP contribution in [0.15, 0.2) is 18.2 Å². The molecule has 0 saturated heterocycles. The highest BCUT2D eigenvalue weighted by atomic mass is 16.5. The van der Waals surface area contributed by atoms with Gasteiger partial charge in [-0.25, -0.2) is 4.79 Å². The maximum Gasteiger partial charge on any atom is 0.338 e. The minimum atomic E-state index is -1.13. The summed E-state index contributed by atoms with van der Waals surface area (Å²) in [6.07, 6.45) is -2.12. The number of carbonyl (C=O) groups excluding carboxylic acids is 1. The summed E-state index contributed by atoms with van der Waals surface area (Å²) in [5.41, 5.74) is 1.55. The first-order chi connectivity index (χ1) is 8.51. The number of hydrogen-bond donors (Lipinski definition) is 3. The second-order valence-electron chi connectivity index (χ2n) is 4.15. The third-order valence-corrected chi connectivity index (χ3v) is 2.71. The molecule has 18 heavy (non-hydrogen) atoms. The van der Waals surface area contributed by atoms with E-state index in [0.29, 0.717) is 5.56 Å². The number of ether oxygens (including phenoxy) is 1. The molecule has 2 atom stereocenters. The van der Waals surface area contributed by atoms with E-state index in [-0.39, 0.29) is 12.1 Å². The summed E-state index contributed by atoms with van der Waals surface area (Å²) < 4.78 is 4.66. The van der Waals surface area contributed by atoms with E-state index in [2.05, 4.69) is 10.1 Å². The van der Waals surface area contributed by atoms with Crippen molar-refractivity contribution in [2.75, 3.05) is 20.7 Å². The van der Waals surface area contributed by atoms with Crippen molar-refractivity contribution in [3.63, 3.8) is 0 Å². The molecule has 1 rings (SSSR count). The van der Waals surface area contributed by atoms with E-state index in [9.17, 15) is 15.0 Å². The van der Waals surface area contributed by atoms with Gasteiger partial charge in [-0.15, -0.1) is 0 Å². The Balaban J connectivity index is 3.12. The average Bonchev–Trinajstić information content (AvgIpc) is 2.37. The molecular weight excluding hydrogens is 234 g/mol. The van der Waals surface area contributed by atoms with Crippen molar-refractivity contribution in [2.24, 2.45) is 0 Å². The molecule has 100 valence electrons. The Labute approximate surface area is 106 Å². The highest BCUT2D eigenvalue weighted by Gasteiger charge is 2.23. The monoisotopic (exact) mass is 253 g/mol. The fourth-order valence-corrected chi connectivity index (χ4v) is 1.75. The molecule has 0 spiro atoms. The van der Waals surface area contributed by atoms with Gasteiger partial charge in [-0.1, -0.05) is 17.7 Å². The molecule has 2 unspecified atom stereocenters. The lowest BCUT2D eigenvalue weighted by Crippen LogP contribution is -2.30. The van der Waals surface area contributed by atoms with E-state index in [4.69, 9.17) is 0 Å². The van der Waals surface area contributed by atoms with Crippen molar-refractivity contribution < 1.29 is 19.7 Å². The predicted molar refractivity (Wildman–Crippen MR) is 67.4 cm³/mol. The number of nitrogens with one attached hydrogen (secondary N) is 1. The lowest BCUT2D eigenvalue weighted by atomic mass is 9.96. The molecule has 0 aromatic heterocycles. The van der Waals surface area contributed by atoms with Gasteiger partial charge >= 0.3 is 5.97 Å². The number of aliphatic hydroxyl groups excluding tert-OH is 2. The third-order valence-electron chi connectivity index (χ3n) is 2.71. The van der Waals surface area contributed by atoms with Crippen LogP contribution in [0, 0.1) is 6.92 Å². The third kappa shape index (κ3) is 3.29. The van der Waals surface area contributed by atoms with Crippen molar-refractivity contribution in [3.05, 3.63) is 34.9 Å². The first kappa shape index (κ1) is 14.6. The molecule has 0 radical (unpaired) electrons. The molecule has 1 aromatic rings. The van der Waals surface area contributed by atoms with E-state index < -0.39 is 18.2 Å². The Morgan fingerprint density at radius 1 is 1.44 bits per heavy atom. The molecule has 3 N–H and O–H groups in total. The molecule has 0 heterocycles. The number of carbonyl (C=O) groups is 1. The molecule has 0 fully saturated rings. The van der Waals surface area contributed by atoms with Crippen molar-refractivity contribution in [1.29, 1.82) is 0 Å². The van der Waals surface area contributed by atoms with Crippen molar-refractivity contribution >= 4 is 5.97 Å². The molecule has 5 heteroatoms. The average molecular weight is 253 g/mol. The summed E-state index contributed by atoms with van der Waals surface area (Å²) in [5, 5.41) is 22.6. The Bertz CT molecular complexity index is 419. The quantitative estimate of drug-likeness (QED) is 0.662. The number of aryl methyl sites for hydroxylation is 1. The van der Waals surface area contributed by atoms with Gasteiger partial charge in [0.05, 0.1) is 18.8 Å². The Morgan fingerprint density at radius 2 is 2.11 bits per heavy atom. The molecule has 0 aliphatic carbocycles. The SMILES string of the molecule is CNCC(O)C(O)c1cc(C)ccc1C(=O)OC. The smallest absolute Gasteiger partial charge is 0.338 e. The Hall–Kier alpha value is -1.43. The van der Waals surface area contributed by atoms with Crippen LogP contribution in [0.1, 0.15) is 27.6 Å². The first-order valence-corrected chi connectivity index (χ1v) is 5.70. The highest BCUT2D eigenvalue weighted by molar-refractivity contribution is 5.91. The minimum Gasteiger partial charge on any atom is -0.465 e. The predicted octanol–water partition coefficient (Wildman–Crippen LogP) is 0.395. The van der Waals surface area contributed by atoms with Crippen molar-refractivity contribution in [1.82, 2.24) is 5.32 Å². The summed E-state index contributed by atoms with van der Waals surface area (Å²) in [6, 6.07) is 5.02. The summed E-state index contributed by atoms with van der Waals surface area (Å²) in [4.78, 5) is 11.6. The van der Waals surface area contributed by atoms with Crippen LogP contribution in [0.4, 0.5) is 0 Å². The van der Waals surface area contributed by atoms with Crippen LogP contribution >= 0.6 is 0 Å². The largest absolute Gasteiger partial charge is 0.465 e. The van der Waals surface area contributed by atoms with Gasteiger partial charge in [0.2, 0.25) is 0 Å². The minimum absolute atomic E-state index is 0.232. The van der Waals surface area contributed by atoms with Crippen LogP contribution < -0.4 is 5.32 Å². The zero-order valence-corrected chi connectivity index (χ0v) is 10.8. The standard InChI is InChI=1S/C13H19NO4/c1-8-4-5-9(13(17)18-3)10(6-8)12(16)11(15)7-14-2/h4-6,11-12,14-16H,7H2,1-3H3. The Kier molecular flexibility index (Phi) is 5.27. The fraction of sp³-hybridized carbons (Fsp3) is 0.462. The van der Waals surface area contributed by atoms with Crippen LogP contribution in [0.3, 0.4) is 0 Å². The van der Waals surface area contributed by atoms with Gasteiger partial charge < -0.3 is 20.3 Å². The van der Waals surface area contributed by atoms with Gasteiger partial charge in [0.1, 0.15) is 6.10 Å². The summed E-state index contributed by atoms with van der Waals surface area (Å²) in [7, 11) is 2.95. The van der Waals surface area contributed by atoms with Gasteiger partial charge in [0, 0.05) is 6.54 Å². The molecule has 0 saturated carbocycles. The number of esters is 1. The maximum absolute atomic E-state index is 11.6. The molecule has 0 bridgehead atoms. The van der Waals surface area contributed by atoms with Crippen molar-refractivity contribution in [3.8, 4) is 0 Å². The normalized spacial score (nSPS) is 14.1. The van der Waals surface area contributed by atoms with Gasteiger partial charge in [-0.3, -0.25) is 0 Å². The second kappa shape index (κ2) is 6.49. The van der Waals surface area contributed by atoms with Gasteiger partial charge in [0.25, 0.3) is 0 Å². The lowest BCUT2D eigenvalue weighted by molar-refractivity contribution is 0.0189. The van der Waals surface area contributed by atoms with Gasteiger partial charge in [-0.2, -0.15) is 0 Å². The molecule has 1 aromatic carbocycles. The summed E-state index contributed by atoms with van der Waals surface area (Å²) in [6.45, 7) is 2.08. The first-order valence-electron chi connectivity index (χ1n) is 5.70. The number of methoxy groups -OCH3 is 1. The van der Waals surface area contributed by atoms with E-state index in [1.165, 1.54) is 7.11 Å². The van der Waals surface area contributed by atoms with E-state index in [1.54, 1.807) is 25.2 Å². The van der Waals surface area contributed by atoms with Crippen LogP contribution in [0.2, 0.25) is 0 Å². The molecule has 0 amide bonds. The second-order valence-corrected chi connectivity index (χ2v) is 4.15. The molecular formula is C13H19NO4. The molecule has 0 aliphatic rings. The fourth-order valence-electron chi connectivity index (χ4n) is 1.75. The number of aliphatic hydroxyl groups is 2. The van der Waals surface area contributed by atoms with Crippen molar-refractivity contribution in [2.45, 2.75) is 19.1 Å². The highest BCUT2D eigenvalue weighted by Crippen LogP contribution is 2.23. The van der Waals surface area contributed by atoms with Gasteiger partial charge in [-0.05, 0) is 25.6 Å². The van der Waals surface area contributed by atoms with Gasteiger partial charge in [0.15, 0.2) is 0 Å². The van der Waals surface area contributed by atoms with E-state index >= 15 is 0 Å². The summed E-state index contributed by atoms with van der Waals surface area (Å²) in [5.74, 6) is -0.527. The number of rotatable bonds is 5. The zero-order chi connectivity index (χ0) is 13.7. The number of likely N-dealkylation sites (N-methyl/N-ethyl adjacent to an activating group) is 1. The summed E-state index contributed by atoms with van der Waals surface area (Å²) >= 11 is 0. The van der Waals surface area contributed by atoms with Crippen LogP contribution in [-0.2, 0) is 4.74 Å². The number of hydrogen-bond acceptors (Lipinski definition) is 5. The van der Waals surface area contributed by atoms with Crippen LogP contribution in [0.5, 0.6) is 0 Å². The molecule has 5 nitrogen and oxygen atoms in total. The van der Waals surface area contributed by atoms with Crippen LogP contribution in [-0.4, -0.2) is 43.0 Å². The maximum atomic E-state index is 11.6. The Morgan fingerprint density at radius 3 is 2.67 bits per heavy atom. The van der Waals surface area contributed by atoms with Crippen LogP contribution in [0.25, 0.3) is 0 Å². The van der Waals surface area contributed by atoms with E-state index in [1.807, 2.05) is 6.92 Å². The van der Waals surface area contributed by atoms with E-state index in [0.717, 1.165) is 5.56 Å². The number of benzene rings is 1. The molecule has 0 aliphatic heterocycles. The topological polar surface area (TPSA) is 78.8 Å². The lowest BCUT2D eigenvalue weighted by Gasteiger charge is -2.20. The zero-order valence-electron chi connectivity index (χ0n) is 10.8.